The van der Waals surface area contributed by atoms with Gasteiger partial charge in [-0.05, 0) is 60.7 Å². The normalized spacial score (nSPS) is 10.3. The largest absolute Gasteiger partial charge is 0.497 e. The number of amides is 1. The molecule has 3 rings (SSSR count). The molecule has 1 heterocycles. The van der Waals surface area contributed by atoms with E-state index in [0.29, 0.717) is 5.58 Å². The molecule has 6 nitrogen and oxygen atoms in total. The van der Waals surface area contributed by atoms with Crippen LogP contribution in [0.5, 0.6) is 5.75 Å². The highest BCUT2D eigenvalue weighted by Gasteiger charge is 2.12. The van der Waals surface area contributed by atoms with Gasteiger partial charge in [0, 0.05) is 15.5 Å². The molecule has 0 saturated carbocycles. The van der Waals surface area contributed by atoms with E-state index in [1.807, 2.05) is 24.3 Å². The third kappa shape index (κ3) is 4.28. The lowest BCUT2D eigenvalue weighted by Crippen LogP contribution is -2.43. The fourth-order valence-electron chi connectivity index (χ4n) is 2.14. The molecule has 8 heteroatoms. The van der Waals surface area contributed by atoms with Gasteiger partial charge >= 0.3 is 5.91 Å². The van der Waals surface area contributed by atoms with Crippen molar-refractivity contribution >= 4 is 55.8 Å². The van der Waals surface area contributed by atoms with Crippen molar-refractivity contribution in [1.29, 1.82) is 0 Å². The summed E-state index contributed by atoms with van der Waals surface area (Å²) in [6.07, 6.45) is 0. The van der Waals surface area contributed by atoms with Crippen LogP contribution < -0.4 is 20.9 Å². The highest BCUT2D eigenvalue weighted by atomic mass is 79.9. The SMILES string of the molecule is COc1ccc(NC(=S)NNC(=O)c2cc3cc(Br)ccc3o2)cc1. The number of furan rings is 1. The molecule has 0 aliphatic carbocycles. The van der Waals surface area contributed by atoms with Crippen molar-refractivity contribution in [3.8, 4) is 5.75 Å². The Morgan fingerprint density at radius 2 is 1.88 bits per heavy atom. The van der Waals surface area contributed by atoms with Gasteiger partial charge in [-0.15, -0.1) is 0 Å². The lowest BCUT2D eigenvalue weighted by atomic mass is 10.2. The minimum atomic E-state index is -0.425. The Hall–Kier alpha value is -2.58. The molecule has 25 heavy (non-hydrogen) atoms. The van der Waals surface area contributed by atoms with E-state index >= 15 is 0 Å². The number of thiocarbonyl (C=S) groups is 1. The number of carbonyl (C=O) groups excluding carboxylic acids is 1. The fraction of sp³-hybridized carbons (Fsp3) is 0.0588. The predicted molar refractivity (Wildman–Crippen MR) is 104 cm³/mol. The molecule has 0 aliphatic heterocycles. The van der Waals surface area contributed by atoms with Crippen LogP contribution in [0.2, 0.25) is 0 Å². The Morgan fingerprint density at radius 1 is 1.12 bits per heavy atom. The molecule has 0 saturated heterocycles. The van der Waals surface area contributed by atoms with Gasteiger partial charge in [-0.25, -0.2) is 0 Å². The number of fused-ring (bicyclic) bond motifs is 1. The second-order valence-electron chi connectivity index (χ2n) is 5.05. The third-order valence-electron chi connectivity index (χ3n) is 3.34. The smallest absolute Gasteiger partial charge is 0.305 e. The maximum absolute atomic E-state index is 12.2. The van der Waals surface area contributed by atoms with Crippen molar-refractivity contribution in [3.05, 3.63) is 58.8 Å². The summed E-state index contributed by atoms with van der Waals surface area (Å²) in [7, 11) is 1.60. The molecule has 0 unspecified atom stereocenters. The quantitative estimate of drug-likeness (QED) is 0.442. The molecule has 0 atom stereocenters. The van der Waals surface area contributed by atoms with Crippen molar-refractivity contribution < 1.29 is 13.9 Å². The molecule has 1 aromatic heterocycles. The van der Waals surface area contributed by atoms with Crippen LogP contribution in [0, 0.1) is 0 Å². The summed E-state index contributed by atoms with van der Waals surface area (Å²) in [6, 6.07) is 14.4. The molecule has 0 radical (unpaired) electrons. The first-order valence-corrected chi connectivity index (χ1v) is 8.46. The lowest BCUT2D eigenvalue weighted by Gasteiger charge is -2.11. The summed E-state index contributed by atoms with van der Waals surface area (Å²) in [5.74, 6) is 0.508. The number of hydrogen-bond donors (Lipinski definition) is 3. The van der Waals surface area contributed by atoms with Gasteiger partial charge in [0.2, 0.25) is 0 Å². The van der Waals surface area contributed by atoms with Crippen molar-refractivity contribution in [3.63, 3.8) is 0 Å². The predicted octanol–water partition coefficient (Wildman–Crippen LogP) is 3.84. The van der Waals surface area contributed by atoms with E-state index in [1.165, 1.54) is 0 Å². The molecular weight excluding hydrogens is 406 g/mol. The fourth-order valence-corrected chi connectivity index (χ4v) is 2.69. The number of halogens is 1. The van der Waals surface area contributed by atoms with E-state index in [-0.39, 0.29) is 10.9 Å². The van der Waals surface area contributed by atoms with Crippen LogP contribution >= 0.6 is 28.1 Å². The van der Waals surface area contributed by atoms with E-state index in [9.17, 15) is 4.79 Å². The molecule has 2 aromatic carbocycles. The van der Waals surface area contributed by atoms with Crippen molar-refractivity contribution in [2.45, 2.75) is 0 Å². The number of benzene rings is 2. The second-order valence-corrected chi connectivity index (χ2v) is 6.38. The number of hydrogen-bond acceptors (Lipinski definition) is 4. The van der Waals surface area contributed by atoms with Crippen LogP contribution in [0.15, 0.2) is 57.4 Å². The average molecular weight is 420 g/mol. The van der Waals surface area contributed by atoms with Crippen LogP contribution in [0.1, 0.15) is 10.6 Å². The number of hydrazine groups is 1. The molecule has 0 fully saturated rings. The van der Waals surface area contributed by atoms with Gasteiger partial charge in [-0.1, -0.05) is 15.9 Å². The van der Waals surface area contributed by atoms with Crippen LogP contribution in [0.4, 0.5) is 5.69 Å². The van der Waals surface area contributed by atoms with Crippen molar-refractivity contribution in [2.75, 3.05) is 12.4 Å². The zero-order valence-corrected chi connectivity index (χ0v) is 15.5. The minimum Gasteiger partial charge on any atom is -0.497 e. The summed E-state index contributed by atoms with van der Waals surface area (Å²) in [5, 5.41) is 4.03. The Morgan fingerprint density at radius 3 is 2.60 bits per heavy atom. The summed E-state index contributed by atoms with van der Waals surface area (Å²) in [5.41, 5.74) is 6.52. The topological polar surface area (TPSA) is 75.5 Å². The summed E-state index contributed by atoms with van der Waals surface area (Å²) >= 11 is 8.52. The zero-order chi connectivity index (χ0) is 17.8. The highest BCUT2D eigenvalue weighted by molar-refractivity contribution is 9.10. The van der Waals surface area contributed by atoms with E-state index < -0.39 is 5.91 Å². The Kier molecular flexibility index (Phi) is 5.20. The van der Waals surface area contributed by atoms with E-state index in [2.05, 4.69) is 32.1 Å². The molecular formula is C17H14BrN3O3S. The van der Waals surface area contributed by atoms with Gasteiger partial charge in [-0.3, -0.25) is 15.6 Å². The molecule has 1 amide bonds. The molecule has 3 aromatic rings. The van der Waals surface area contributed by atoms with Gasteiger partial charge in [-0.2, -0.15) is 0 Å². The van der Waals surface area contributed by atoms with Crippen LogP contribution in [0.25, 0.3) is 11.0 Å². The molecule has 3 N–H and O–H groups in total. The standard InChI is InChI=1S/C17H14BrN3O3S/c1-23-13-5-3-12(4-6-13)19-17(25)21-20-16(22)15-9-10-8-11(18)2-7-14(10)24-15/h2-9H,1H3,(H,20,22)(H2,19,21,25). The number of rotatable bonds is 3. The first-order chi connectivity index (χ1) is 12.0. The molecule has 0 bridgehead atoms. The average Bonchev–Trinajstić information content (AvgIpc) is 3.03. The Bertz CT molecular complexity index is 925. The van der Waals surface area contributed by atoms with Gasteiger partial charge in [0.15, 0.2) is 10.9 Å². The number of ether oxygens (including phenoxy) is 1. The first-order valence-electron chi connectivity index (χ1n) is 7.25. The number of anilines is 1. The van der Waals surface area contributed by atoms with Crippen LogP contribution in [0.3, 0.4) is 0 Å². The maximum atomic E-state index is 12.2. The van der Waals surface area contributed by atoms with Gasteiger partial charge < -0.3 is 14.5 Å². The van der Waals surface area contributed by atoms with Gasteiger partial charge in [0.25, 0.3) is 0 Å². The molecule has 128 valence electrons. The summed E-state index contributed by atoms with van der Waals surface area (Å²) in [6.45, 7) is 0. The van der Waals surface area contributed by atoms with Crippen molar-refractivity contribution in [1.82, 2.24) is 10.9 Å². The second kappa shape index (κ2) is 7.54. The molecule has 0 aliphatic rings. The van der Waals surface area contributed by atoms with Crippen molar-refractivity contribution in [2.24, 2.45) is 0 Å². The third-order valence-corrected chi connectivity index (χ3v) is 4.04. The van der Waals surface area contributed by atoms with Crippen LogP contribution in [-0.2, 0) is 0 Å². The summed E-state index contributed by atoms with van der Waals surface area (Å²) in [4.78, 5) is 12.2. The van der Waals surface area contributed by atoms with E-state index in [1.54, 1.807) is 31.4 Å². The Labute approximate surface area is 157 Å². The van der Waals surface area contributed by atoms with Gasteiger partial charge in [0.1, 0.15) is 11.3 Å². The van der Waals surface area contributed by atoms with Crippen LogP contribution in [-0.4, -0.2) is 18.1 Å². The number of methoxy groups -OCH3 is 1. The highest BCUT2D eigenvalue weighted by Crippen LogP contribution is 2.23. The monoisotopic (exact) mass is 419 g/mol. The van der Waals surface area contributed by atoms with Gasteiger partial charge in [0.05, 0.1) is 7.11 Å². The van der Waals surface area contributed by atoms with E-state index in [0.717, 1.165) is 21.3 Å². The van der Waals surface area contributed by atoms with E-state index in [4.69, 9.17) is 21.4 Å². The lowest BCUT2D eigenvalue weighted by molar-refractivity contribution is 0.0918. The minimum absolute atomic E-state index is 0.188. The molecule has 0 spiro atoms. The first kappa shape index (κ1) is 17.2. The maximum Gasteiger partial charge on any atom is 0.305 e. The number of nitrogens with one attached hydrogen (secondary N) is 3. The number of carbonyl (C=O) groups is 1. The summed E-state index contributed by atoms with van der Waals surface area (Å²) < 4.78 is 11.5. The zero-order valence-electron chi connectivity index (χ0n) is 13.1. The Balaban J connectivity index is 1.57.